The van der Waals surface area contributed by atoms with Crippen LogP contribution in [0.15, 0.2) is 168 Å². The van der Waals surface area contributed by atoms with Gasteiger partial charge in [0, 0.05) is 0 Å². The highest BCUT2D eigenvalue weighted by Crippen LogP contribution is 2.41. The Morgan fingerprint density at radius 2 is 0.596 bits per heavy atom. The van der Waals surface area contributed by atoms with Gasteiger partial charge in [0.05, 0.1) is 0 Å². The van der Waals surface area contributed by atoms with Gasteiger partial charge in [0.25, 0.3) is 0 Å². The summed E-state index contributed by atoms with van der Waals surface area (Å²) in [5.41, 5.74) is 16.5. The summed E-state index contributed by atoms with van der Waals surface area (Å²) < 4.78 is 0. The van der Waals surface area contributed by atoms with E-state index in [1.54, 1.807) is 5.20 Å². The van der Waals surface area contributed by atoms with Crippen molar-refractivity contribution in [2.45, 2.75) is 67.7 Å². The molecule has 0 N–H and O–H groups in total. The number of hydrogen-bond acceptors (Lipinski definition) is 0. The number of rotatable bonds is 10. The highest BCUT2D eigenvalue weighted by atomic mass is 28.3. The smallest absolute Gasteiger partial charge is 0.0636 e. The normalized spacial score (nSPS) is 14.7. The molecule has 6 aromatic carbocycles. The fraction of sp³-hybridized carbons (Fsp3) is 0.216. The Hall–Kier alpha value is -4.98. The number of benzene rings is 6. The van der Waals surface area contributed by atoms with Crippen molar-refractivity contribution < 1.29 is 0 Å². The average Bonchev–Trinajstić information content (AvgIpc) is 3.35. The lowest BCUT2D eigenvalue weighted by Crippen LogP contribution is -2.69. The maximum absolute atomic E-state index is 2.73. The molecule has 0 aliphatic heterocycles. The molecule has 0 bridgehead atoms. The van der Waals surface area contributed by atoms with E-state index < -0.39 is 8.07 Å². The second kappa shape index (κ2) is 14.9. The summed E-state index contributed by atoms with van der Waals surface area (Å²) >= 11 is 0. The molecular weight excluding hydrogens is 641 g/mol. The van der Waals surface area contributed by atoms with Crippen LogP contribution in [0, 0.1) is 26.7 Å². The summed E-state index contributed by atoms with van der Waals surface area (Å²) in [5, 5.41) is 6.01. The number of aryl methyl sites for hydroxylation is 3. The molecule has 1 aliphatic carbocycles. The van der Waals surface area contributed by atoms with Crippen molar-refractivity contribution in [2.24, 2.45) is 5.92 Å². The van der Waals surface area contributed by atoms with Crippen molar-refractivity contribution in [3.05, 3.63) is 218 Å². The molecule has 6 aromatic rings. The standard InChI is InChI=1S/C51H52Si/c1-35-8-14-42(15-9-35)32-45-20-26-48(27-21-45)52(51-40(6)38(4)39(5)41(51)7,49-28-22-46(23-29-49)33-43-16-10-36(2)11-17-43)50-30-24-47(25-31-50)34-44-18-12-37(3)13-19-44/h8-31,40H,32-34H2,1-7H3. The summed E-state index contributed by atoms with van der Waals surface area (Å²) in [7, 11) is -2.73. The van der Waals surface area contributed by atoms with Gasteiger partial charge in [0.2, 0.25) is 0 Å². The topological polar surface area (TPSA) is 0 Å². The van der Waals surface area contributed by atoms with Crippen molar-refractivity contribution in [3.8, 4) is 0 Å². The maximum atomic E-state index is 2.48. The van der Waals surface area contributed by atoms with Crippen molar-refractivity contribution >= 4 is 23.6 Å². The first-order chi connectivity index (χ1) is 25.1. The van der Waals surface area contributed by atoms with Crippen LogP contribution < -0.4 is 15.6 Å². The first kappa shape index (κ1) is 35.4. The van der Waals surface area contributed by atoms with Gasteiger partial charge >= 0.3 is 0 Å². The van der Waals surface area contributed by atoms with E-state index in [-0.39, 0.29) is 0 Å². The summed E-state index contributed by atoms with van der Waals surface area (Å²) in [4.78, 5) is 0. The molecule has 0 amide bonds. The van der Waals surface area contributed by atoms with Crippen LogP contribution >= 0.6 is 0 Å². The van der Waals surface area contributed by atoms with Crippen LogP contribution in [0.25, 0.3) is 0 Å². The quantitative estimate of drug-likeness (QED) is 0.0990. The van der Waals surface area contributed by atoms with Crippen molar-refractivity contribution in [3.63, 3.8) is 0 Å². The van der Waals surface area contributed by atoms with Crippen molar-refractivity contribution in [1.82, 2.24) is 0 Å². The van der Waals surface area contributed by atoms with E-state index in [2.05, 4.69) is 194 Å². The van der Waals surface area contributed by atoms with Gasteiger partial charge in [-0.15, -0.1) is 0 Å². The Morgan fingerprint density at radius 3 is 0.827 bits per heavy atom. The van der Waals surface area contributed by atoms with Crippen LogP contribution in [0.3, 0.4) is 0 Å². The summed E-state index contributed by atoms with van der Waals surface area (Å²) in [6.07, 6.45) is 2.82. The molecule has 7 rings (SSSR count). The predicted molar refractivity (Wildman–Crippen MR) is 226 cm³/mol. The van der Waals surface area contributed by atoms with Crippen LogP contribution in [0.1, 0.15) is 77.8 Å². The summed E-state index contributed by atoms with van der Waals surface area (Å²) in [6, 6.07) is 56.2. The molecule has 0 aromatic heterocycles. The van der Waals surface area contributed by atoms with Gasteiger partial charge in [0.1, 0.15) is 0 Å². The molecule has 1 heteroatoms. The lowest BCUT2D eigenvalue weighted by atomic mass is 10.0. The van der Waals surface area contributed by atoms with Gasteiger partial charge in [-0.05, 0) is 121 Å². The van der Waals surface area contributed by atoms with E-state index >= 15 is 0 Å². The van der Waals surface area contributed by atoms with E-state index in [0.717, 1.165) is 19.3 Å². The Bertz CT molecular complexity index is 1990. The zero-order chi connectivity index (χ0) is 36.4. The Labute approximate surface area is 313 Å². The third kappa shape index (κ3) is 7.08. The monoisotopic (exact) mass is 692 g/mol. The van der Waals surface area contributed by atoms with E-state index in [1.807, 2.05) is 0 Å². The third-order valence-corrected chi connectivity index (χ3v) is 17.0. The highest BCUT2D eigenvalue weighted by molar-refractivity contribution is 7.16. The molecular formula is C51H52Si. The molecule has 52 heavy (non-hydrogen) atoms. The van der Waals surface area contributed by atoms with Crippen LogP contribution in [0.4, 0.5) is 0 Å². The SMILES string of the molecule is CC1=C(C)C(C)C([Si](c2ccc(Cc3ccc(C)cc3)cc2)(c2ccc(Cc3ccc(C)cc3)cc2)c2ccc(Cc3ccc(C)cc3)cc2)=C1C. The van der Waals surface area contributed by atoms with Gasteiger partial charge in [-0.25, -0.2) is 0 Å². The first-order valence-electron chi connectivity index (χ1n) is 19.0. The lowest BCUT2D eigenvalue weighted by molar-refractivity contribution is 0.851. The fourth-order valence-electron chi connectivity index (χ4n) is 8.38. The number of hydrogen-bond donors (Lipinski definition) is 0. The van der Waals surface area contributed by atoms with Crippen molar-refractivity contribution in [1.29, 1.82) is 0 Å². The minimum Gasteiger partial charge on any atom is -0.0636 e. The largest absolute Gasteiger partial charge is 0.176 e. The lowest BCUT2D eigenvalue weighted by Gasteiger charge is -2.39. The zero-order valence-electron chi connectivity index (χ0n) is 32.1. The molecule has 0 saturated heterocycles. The van der Waals surface area contributed by atoms with Crippen LogP contribution in [0.5, 0.6) is 0 Å². The molecule has 1 aliphatic rings. The van der Waals surface area contributed by atoms with Gasteiger partial charge in [0.15, 0.2) is 8.07 Å². The molecule has 0 fully saturated rings. The van der Waals surface area contributed by atoms with Gasteiger partial charge < -0.3 is 0 Å². The molecule has 0 spiro atoms. The molecule has 0 nitrogen and oxygen atoms in total. The second-order valence-electron chi connectivity index (χ2n) is 15.4. The van der Waals surface area contributed by atoms with Crippen LogP contribution in [-0.4, -0.2) is 8.07 Å². The van der Waals surface area contributed by atoms with E-state index in [9.17, 15) is 0 Å². The van der Waals surface area contributed by atoms with E-state index in [0.29, 0.717) is 5.92 Å². The minimum absolute atomic E-state index is 0.373. The molecule has 1 unspecified atom stereocenters. The van der Waals surface area contributed by atoms with Gasteiger partial charge in [-0.3, -0.25) is 0 Å². The van der Waals surface area contributed by atoms with Gasteiger partial charge in [-0.2, -0.15) is 0 Å². The van der Waals surface area contributed by atoms with Crippen LogP contribution in [-0.2, 0) is 19.3 Å². The Balaban J connectivity index is 1.37. The van der Waals surface area contributed by atoms with Crippen LogP contribution in [0.2, 0.25) is 0 Å². The summed E-state index contributed by atoms with van der Waals surface area (Å²) in [5.74, 6) is 0.373. The zero-order valence-corrected chi connectivity index (χ0v) is 33.1. The summed E-state index contributed by atoms with van der Waals surface area (Å²) in [6.45, 7) is 16.0. The predicted octanol–water partition coefficient (Wildman–Crippen LogP) is 10.7. The van der Waals surface area contributed by atoms with E-state index in [4.69, 9.17) is 0 Å². The first-order valence-corrected chi connectivity index (χ1v) is 21.0. The fourth-order valence-corrected chi connectivity index (χ4v) is 13.9. The average molecular weight is 693 g/mol. The van der Waals surface area contributed by atoms with Crippen molar-refractivity contribution in [2.75, 3.05) is 0 Å². The molecule has 0 saturated carbocycles. The second-order valence-corrected chi connectivity index (χ2v) is 19.2. The molecule has 260 valence electrons. The maximum Gasteiger partial charge on any atom is 0.176 e. The highest BCUT2D eigenvalue weighted by Gasteiger charge is 2.48. The van der Waals surface area contributed by atoms with Gasteiger partial charge in [-0.1, -0.05) is 186 Å². The molecule has 1 atom stereocenters. The molecule has 0 radical (unpaired) electrons. The van der Waals surface area contributed by atoms with E-state index in [1.165, 1.54) is 82.4 Å². The molecule has 0 heterocycles. The number of allylic oxidation sites excluding steroid dienone is 4. The Morgan fingerprint density at radius 1 is 0.346 bits per heavy atom. The Kier molecular flexibility index (Phi) is 10.2. The third-order valence-electron chi connectivity index (χ3n) is 11.8. The minimum atomic E-state index is -2.73.